The molecule has 2 rings (SSSR count). The van der Waals surface area contributed by atoms with Crippen LogP contribution >= 0.6 is 23.1 Å². The number of nitrogens with one attached hydrogen (secondary N) is 2. The lowest BCUT2D eigenvalue weighted by Crippen LogP contribution is -2.12. The summed E-state index contributed by atoms with van der Waals surface area (Å²) in [5, 5.41) is 13.5. The average molecular weight is 337 g/mol. The summed E-state index contributed by atoms with van der Waals surface area (Å²) in [6.07, 6.45) is 0.359. The summed E-state index contributed by atoms with van der Waals surface area (Å²) < 4.78 is 0.755. The van der Waals surface area contributed by atoms with E-state index in [-0.39, 0.29) is 11.8 Å². The monoisotopic (exact) mass is 337 g/mol. The second-order valence-electron chi connectivity index (χ2n) is 4.31. The average Bonchev–Trinajstić information content (AvgIpc) is 2.86. The largest absolute Gasteiger partial charge is 0.374 e. The summed E-state index contributed by atoms with van der Waals surface area (Å²) in [6.45, 7) is 1.44. The second kappa shape index (κ2) is 7.76. The summed E-state index contributed by atoms with van der Waals surface area (Å²) >= 11 is 2.75. The van der Waals surface area contributed by atoms with Gasteiger partial charge >= 0.3 is 0 Å². The molecule has 4 N–H and O–H groups in total. The Morgan fingerprint density at radius 1 is 1.18 bits per heavy atom. The van der Waals surface area contributed by atoms with E-state index >= 15 is 0 Å². The molecule has 0 aliphatic rings. The zero-order valence-corrected chi connectivity index (χ0v) is 13.5. The van der Waals surface area contributed by atoms with Gasteiger partial charge in [-0.3, -0.25) is 9.59 Å². The number of amides is 2. The van der Waals surface area contributed by atoms with Gasteiger partial charge in [0.25, 0.3) is 0 Å². The fourth-order valence-electron chi connectivity index (χ4n) is 1.57. The van der Waals surface area contributed by atoms with Crippen molar-refractivity contribution in [2.75, 3.05) is 22.1 Å². The Kier molecular flexibility index (Phi) is 5.73. The Balaban J connectivity index is 1.75. The SMILES string of the molecule is CC(=O)Nc1ccc(NC(=O)CCSc2nnc(N)s2)cc1. The molecule has 1 heterocycles. The van der Waals surface area contributed by atoms with E-state index in [1.807, 2.05) is 0 Å². The van der Waals surface area contributed by atoms with Crippen molar-refractivity contribution >= 4 is 51.4 Å². The molecular weight excluding hydrogens is 322 g/mol. The number of anilines is 3. The molecule has 0 fully saturated rings. The fraction of sp³-hybridized carbons (Fsp3) is 0.231. The number of nitrogens with zero attached hydrogens (tertiary/aromatic N) is 2. The molecule has 0 spiro atoms. The topological polar surface area (TPSA) is 110 Å². The Morgan fingerprint density at radius 2 is 1.82 bits per heavy atom. The van der Waals surface area contributed by atoms with E-state index in [9.17, 15) is 9.59 Å². The van der Waals surface area contributed by atoms with Gasteiger partial charge in [-0.25, -0.2) is 0 Å². The summed E-state index contributed by atoms with van der Waals surface area (Å²) in [5.41, 5.74) is 6.85. The summed E-state index contributed by atoms with van der Waals surface area (Å²) in [7, 11) is 0. The third kappa shape index (κ3) is 5.34. The fourth-order valence-corrected chi connectivity index (χ4v) is 3.22. The highest BCUT2D eigenvalue weighted by Gasteiger charge is 2.06. The zero-order chi connectivity index (χ0) is 15.9. The Labute approximate surface area is 135 Å². The number of aromatic nitrogens is 2. The van der Waals surface area contributed by atoms with Crippen LogP contribution in [0.25, 0.3) is 0 Å². The molecule has 116 valence electrons. The van der Waals surface area contributed by atoms with E-state index in [0.717, 1.165) is 4.34 Å². The highest BCUT2D eigenvalue weighted by Crippen LogP contribution is 2.24. The van der Waals surface area contributed by atoms with Gasteiger partial charge in [0, 0.05) is 30.5 Å². The molecule has 9 heteroatoms. The van der Waals surface area contributed by atoms with Crippen molar-refractivity contribution in [3.05, 3.63) is 24.3 Å². The van der Waals surface area contributed by atoms with Crippen LogP contribution in [0.1, 0.15) is 13.3 Å². The maximum Gasteiger partial charge on any atom is 0.225 e. The first-order valence-electron chi connectivity index (χ1n) is 6.42. The van der Waals surface area contributed by atoms with Crippen LogP contribution in [0.2, 0.25) is 0 Å². The van der Waals surface area contributed by atoms with Crippen LogP contribution in [-0.2, 0) is 9.59 Å². The first-order chi connectivity index (χ1) is 10.5. The van der Waals surface area contributed by atoms with E-state index in [4.69, 9.17) is 5.73 Å². The third-order valence-corrected chi connectivity index (χ3v) is 4.35. The summed E-state index contributed by atoms with van der Waals surface area (Å²) in [6, 6.07) is 6.94. The Morgan fingerprint density at radius 3 is 2.36 bits per heavy atom. The highest BCUT2D eigenvalue weighted by atomic mass is 32.2. The van der Waals surface area contributed by atoms with Crippen molar-refractivity contribution in [1.29, 1.82) is 0 Å². The minimum absolute atomic E-state index is 0.0859. The molecule has 2 aromatic rings. The number of carbonyl (C=O) groups excluding carboxylic acids is 2. The lowest BCUT2D eigenvalue weighted by Gasteiger charge is -2.06. The molecule has 0 unspecified atom stereocenters. The molecule has 0 aliphatic heterocycles. The number of rotatable bonds is 6. The third-order valence-electron chi connectivity index (χ3n) is 2.47. The number of thioether (sulfide) groups is 1. The van der Waals surface area contributed by atoms with Crippen molar-refractivity contribution < 1.29 is 9.59 Å². The molecule has 0 atom stereocenters. The molecule has 1 aromatic heterocycles. The Bertz CT molecular complexity index is 657. The van der Waals surface area contributed by atoms with Crippen molar-refractivity contribution in [1.82, 2.24) is 10.2 Å². The van der Waals surface area contributed by atoms with Crippen LogP contribution in [-0.4, -0.2) is 27.8 Å². The number of nitrogens with two attached hydrogens (primary N) is 1. The van der Waals surface area contributed by atoms with Gasteiger partial charge in [0.05, 0.1) is 0 Å². The van der Waals surface area contributed by atoms with Crippen LogP contribution in [0.4, 0.5) is 16.5 Å². The number of hydrogen-bond acceptors (Lipinski definition) is 7. The van der Waals surface area contributed by atoms with E-state index in [2.05, 4.69) is 20.8 Å². The molecule has 0 saturated heterocycles. The standard InChI is InChI=1S/C13H15N5O2S2/c1-8(19)15-9-2-4-10(5-3-9)16-11(20)6-7-21-13-18-17-12(14)22-13/h2-5H,6-7H2,1H3,(H2,14,17)(H,15,19)(H,16,20). The van der Waals surface area contributed by atoms with Gasteiger partial charge in [-0.2, -0.15) is 0 Å². The van der Waals surface area contributed by atoms with E-state index in [0.29, 0.717) is 28.7 Å². The predicted molar refractivity (Wildman–Crippen MR) is 89.0 cm³/mol. The summed E-state index contributed by atoms with van der Waals surface area (Å²) in [4.78, 5) is 22.7. The quantitative estimate of drug-likeness (QED) is 0.697. The predicted octanol–water partition coefficient (Wildman–Crippen LogP) is 2.20. The molecule has 7 nitrogen and oxygen atoms in total. The van der Waals surface area contributed by atoms with Gasteiger partial charge in [0.15, 0.2) is 4.34 Å². The first kappa shape index (κ1) is 16.2. The van der Waals surface area contributed by atoms with Crippen molar-refractivity contribution in [3.8, 4) is 0 Å². The zero-order valence-electron chi connectivity index (χ0n) is 11.8. The smallest absolute Gasteiger partial charge is 0.225 e. The van der Waals surface area contributed by atoms with Crippen LogP contribution in [0.3, 0.4) is 0 Å². The minimum atomic E-state index is -0.133. The van der Waals surface area contributed by atoms with Crippen LogP contribution in [0.5, 0.6) is 0 Å². The van der Waals surface area contributed by atoms with Crippen molar-refractivity contribution in [2.45, 2.75) is 17.7 Å². The van der Waals surface area contributed by atoms with Crippen LogP contribution < -0.4 is 16.4 Å². The maximum absolute atomic E-state index is 11.8. The molecule has 1 aromatic carbocycles. The summed E-state index contributed by atoms with van der Waals surface area (Å²) in [5.74, 6) is 0.383. The molecule has 0 saturated carbocycles. The van der Waals surface area contributed by atoms with Gasteiger partial charge in [-0.05, 0) is 24.3 Å². The lowest BCUT2D eigenvalue weighted by molar-refractivity contribution is -0.116. The molecule has 0 bridgehead atoms. The van der Waals surface area contributed by atoms with Gasteiger partial charge in [-0.15, -0.1) is 10.2 Å². The number of carbonyl (C=O) groups is 2. The lowest BCUT2D eigenvalue weighted by atomic mass is 10.2. The maximum atomic E-state index is 11.8. The second-order valence-corrected chi connectivity index (χ2v) is 6.66. The highest BCUT2D eigenvalue weighted by molar-refractivity contribution is 8.01. The molecule has 0 aliphatic carbocycles. The molecule has 2 amide bonds. The van der Waals surface area contributed by atoms with Crippen molar-refractivity contribution in [3.63, 3.8) is 0 Å². The molecular formula is C13H15N5O2S2. The normalized spacial score (nSPS) is 10.2. The van der Waals surface area contributed by atoms with E-state index in [1.54, 1.807) is 24.3 Å². The van der Waals surface area contributed by atoms with Gasteiger partial charge < -0.3 is 16.4 Å². The van der Waals surface area contributed by atoms with E-state index in [1.165, 1.54) is 30.0 Å². The van der Waals surface area contributed by atoms with Crippen molar-refractivity contribution in [2.24, 2.45) is 0 Å². The Hall–Kier alpha value is -2.13. The van der Waals surface area contributed by atoms with Crippen LogP contribution in [0, 0.1) is 0 Å². The van der Waals surface area contributed by atoms with Crippen LogP contribution in [0.15, 0.2) is 28.6 Å². The number of nitrogen functional groups attached to an aromatic ring is 1. The molecule has 22 heavy (non-hydrogen) atoms. The minimum Gasteiger partial charge on any atom is -0.374 e. The number of hydrogen-bond donors (Lipinski definition) is 3. The van der Waals surface area contributed by atoms with Gasteiger partial charge in [0.2, 0.25) is 16.9 Å². The molecule has 0 radical (unpaired) electrons. The first-order valence-corrected chi connectivity index (χ1v) is 8.22. The van der Waals surface area contributed by atoms with Gasteiger partial charge in [-0.1, -0.05) is 23.1 Å². The van der Waals surface area contributed by atoms with Gasteiger partial charge in [0.1, 0.15) is 0 Å². The number of benzene rings is 1. The van der Waals surface area contributed by atoms with E-state index < -0.39 is 0 Å².